The lowest BCUT2D eigenvalue weighted by molar-refractivity contribution is -0.143. The largest absolute Gasteiger partial charge is 0.466 e. The van der Waals surface area contributed by atoms with Crippen molar-refractivity contribution in [3.8, 4) is 0 Å². The Hall–Kier alpha value is -1.14. The molecule has 0 radical (unpaired) electrons. The molecule has 0 bridgehead atoms. The van der Waals surface area contributed by atoms with Gasteiger partial charge < -0.3 is 20.3 Å². The summed E-state index contributed by atoms with van der Waals surface area (Å²) in [5, 5.41) is 23.0. The Morgan fingerprint density at radius 3 is 1.22 bits per heavy atom. The minimum absolute atomic E-state index is 0.0176. The second kappa shape index (κ2) is 40.6. The predicted molar refractivity (Wildman–Crippen MR) is 214 cm³/mol. The van der Waals surface area contributed by atoms with Gasteiger partial charge in [0, 0.05) is 12.8 Å². The van der Waals surface area contributed by atoms with E-state index >= 15 is 0 Å². The molecule has 0 saturated carbocycles. The van der Waals surface area contributed by atoms with Crippen LogP contribution in [0.25, 0.3) is 0 Å². The van der Waals surface area contributed by atoms with Crippen LogP contribution in [0.4, 0.5) is 0 Å². The van der Waals surface area contributed by atoms with E-state index in [9.17, 15) is 19.8 Å². The van der Waals surface area contributed by atoms with Crippen molar-refractivity contribution >= 4 is 11.9 Å². The van der Waals surface area contributed by atoms with Gasteiger partial charge in [-0.05, 0) is 25.7 Å². The van der Waals surface area contributed by atoms with E-state index in [0.29, 0.717) is 25.9 Å². The number of ether oxygens (including phenoxy) is 1. The van der Waals surface area contributed by atoms with Crippen molar-refractivity contribution in [2.24, 2.45) is 0 Å². The Morgan fingerprint density at radius 1 is 0.480 bits per heavy atom. The summed E-state index contributed by atoms with van der Waals surface area (Å²) < 4.78 is 5.44. The highest BCUT2D eigenvalue weighted by Gasteiger charge is 2.20. The highest BCUT2D eigenvalue weighted by atomic mass is 16.5. The second-order valence-corrected chi connectivity index (χ2v) is 15.4. The Kier molecular flexibility index (Phi) is 39.7. The number of esters is 1. The lowest BCUT2D eigenvalue weighted by Crippen LogP contribution is -2.45. The van der Waals surface area contributed by atoms with E-state index in [1.807, 2.05) is 0 Å². The molecular formula is C44H87NO5. The first-order chi connectivity index (χ1) is 24.5. The highest BCUT2D eigenvalue weighted by molar-refractivity contribution is 5.76. The van der Waals surface area contributed by atoms with Crippen LogP contribution in [0.5, 0.6) is 0 Å². The lowest BCUT2D eigenvalue weighted by atomic mass is 10.0. The maximum Gasteiger partial charge on any atom is 0.305 e. The van der Waals surface area contributed by atoms with Crippen molar-refractivity contribution in [3.63, 3.8) is 0 Å². The number of rotatable bonds is 41. The minimum atomic E-state index is -0.674. The third-order valence-electron chi connectivity index (χ3n) is 10.4. The van der Waals surface area contributed by atoms with Crippen LogP contribution in [-0.4, -0.2) is 47.4 Å². The molecule has 0 fully saturated rings. The smallest absolute Gasteiger partial charge is 0.305 e. The van der Waals surface area contributed by atoms with Crippen LogP contribution in [0.3, 0.4) is 0 Å². The van der Waals surface area contributed by atoms with Crippen LogP contribution in [0, 0.1) is 0 Å². The van der Waals surface area contributed by atoms with Crippen LogP contribution >= 0.6 is 0 Å². The molecule has 0 spiro atoms. The van der Waals surface area contributed by atoms with Gasteiger partial charge in [-0.1, -0.05) is 206 Å². The fraction of sp³-hybridized carbons (Fsp3) is 0.955. The van der Waals surface area contributed by atoms with Crippen molar-refractivity contribution in [2.75, 3.05) is 13.2 Å². The van der Waals surface area contributed by atoms with Gasteiger partial charge in [-0.2, -0.15) is 0 Å². The third-order valence-corrected chi connectivity index (χ3v) is 10.4. The van der Waals surface area contributed by atoms with E-state index in [2.05, 4.69) is 19.2 Å². The Bertz CT molecular complexity index is 702. The molecule has 6 nitrogen and oxygen atoms in total. The first-order valence-corrected chi connectivity index (χ1v) is 22.3. The third kappa shape index (κ3) is 36.6. The topological polar surface area (TPSA) is 95.9 Å². The van der Waals surface area contributed by atoms with Crippen LogP contribution < -0.4 is 5.32 Å². The van der Waals surface area contributed by atoms with Crippen molar-refractivity contribution < 1.29 is 24.5 Å². The Balaban J connectivity index is 3.46. The van der Waals surface area contributed by atoms with E-state index in [-0.39, 0.29) is 18.5 Å². The number of carbonyl (C=O) groups is 2. The van der Waals surface area contributed by atoms with Gasteiger partial charge >= 0.3 is 5.97 Å². The number of hydrogen-bond donors (Lipinski definition) is 3. The summed E-state index contributed by atoms with van der Waals surface area (Å²) in [6.45, 7) is 4.88. The van der Waals surface area contributed by atoms with E-state index < -0.39 is 12.1 Å². The number of nitrogens with one attached hydrogen (secondary N) is 1. The second-order valence-electron chi connectivity index (χ2n) is 15.4. The SMILES string of the molecule is CCCCCCCCCCCCCCCC(=O)OCCCCCCCCCCCCC(=O)NC(CO)C(O)CCCCCCCCCCCC. The van der Waals surface area contributed by atoms with E-state index in [1.54, 1.807) is 0 Å². The average molecular weight is 710 g/mol. The molecule has 0 aromatic rings. The van der Waals surface area contributed by atoms with Gasteiger partial charge in [0.2, 0.25) is 5.91 Å². The van der Waals surface area contributed by atoms with Crippen molar-refractivity contribution in [2.45, 2.75) is 257 Å². The number of aliphatic hydroxyl groups is 2. The van der Waals surface area contributed by atoms with E-state index in [0.717, 1.165) is 57.8 Å². The zero-order valence-corrected chi connectivity index (χ0v) is 33.6. The number of carbonyl (C=O) groups excluding carboxylic acids is 2. The molecule has 3 N–H and O–H groups in total. The molecule has 0 heterocycles. The Morgan fingerprint density at radius 2 is 0.820 bits per heavy atom. The summed E-state index contributed by atoms with van der Waals surface area (Å²) in [6, 6.07) is -0.554. The first kappa shape index (κ1) is 48.9. The van der Waals surface area contributed by atoms with Crippen LogP contribution in [0.2, 0.25) is 0 Å². The normalized spacial score (nSPS) is 12.6. The molecule has 298 valence electrons. The summed E-state index contributed by atoms with van der Waals surface area (Å²) in [4.78, 5) is 24.3. The molecule has 1 amide bonds. The van der Waals surface area contributed by atoms with Gasteiger partial charge in [0.25, 0.3) is 0 Å². The van der Waals surface area contributed by atoms with Crippen LogP contribution in [0.15, 0.2) is 0 Å². The molecule has 2 unspecified atom stereocenters. The van der Waals surface area contributed by atoms with Gasteiger partial charge in [-0.25, -0.2) is 0 Å². The number of amides is 1. The fourth-order valence-corrected chi connectivity index (χ4v) is 6.93. The number of aliphatic hydroxyl groups excluding tert-OH is 2. The molecule has 2 atom stereocenters. The van der Waals surface area contributed by atoms with E-state index in [4.69, 9.17) is 4.74 Å². The molecule has 0 saturated heterocycles. The van der Waals surface area contributed by atoms with Gasteiger partial charge in [0.15, 0.2) is 0 Å². The van der Waals surface area contributed by atoms with Crippen LogP contribution in [0.1, 0.15) is 245 Å². The molecule has 0 aliphatic heterocycles. The predicted octanol–water partition coefficient (Wildman–Crippen LogP) is 12.5. The molecule has 0 rings (SSSR count). The molecular weight excluding hydrogens is 622 g/mol. The monoisotopic (exact) mass is 710 g/mol. The van der Waals surface area contributed by atoms with Crippen molar-refractivity contribution in [1.29, 1.82) is 0 Å². The van der Waals surface area contributed by atoms with Gasteiger partial charge in [-0.15, -0.1) is 0 Å². The maximum atomic E-state index is 12.4. The standard InChI is InChI=1S/C44H87NO5/c1-3-5-7-9-11-13-15-16-17-22-26-30-34-38-44(49)50-39-35-31-27-23-19-18-21-25-29-33-37-43(48)45-41(40-46)42(47)36-32-28-24-20-14-12-10-8-6-4-2/h41-42,46-47H,3-40H2,1-2H3,(H,45,48). The van der Waals surface area contributed by atoms with Crippen molar-refractivity contribution in [3.05, 3.63) is 0 Å². The molecule has 0 aromatic heterocycles. The zero-order valence-electron chi connectivity index (χ0n) is 33.6. The van der Waals surface area contributed by atoms with Crippen LogP contribution in [-0.2, 0) is 14.3 Å². The van der Waals surface area contributed by atoms with Gasteiger partial charge in [-0.3, -0.25) is 9.59 Å². The summed E-state index contributed by atoms with van der Waals surface area (Å²) in [6.07, 6.45) is 41.9. The summed E-state index contributed by atoms with van der Waals surface area (Å²) >= 11 is 0. The maximum absolute atomic E-state index is 12.4. The highest BCUT2D eigenvalue weighted by Crippen LogP contribution is 2.16. The average Bonchev–Trinajstić information content (AvgIpc) is 3.11. The minimum Gasteiger partial charge on any atom is -0.466 e. The summed E-state index contributed by atoms with van der Waals surface area (Å²) in [5.74, 6) is -0.0765. The van der Waals surface area contributed by atoms with Gasteiger partial charge in [0.1, 0.15) is 0 Å². The molecule has 6 heteroatoms. The van der Waals surface area contributed by atoms with Crippen molar-refractivity contribution in [1.82, 2.24) is 5.32 Å². The molecule has 0 aliphatic carbocycles. The quantitative estimate of drug-likeness (QED) is 0.0434. The number of hydrogen-bond acceptors (Lipinski definition) is 5. The molecule has 50 heavy (non-hydrogen) atoms. The lowest BCUT2D eigenvalue weighted by Gasteiger charge is -2.22. The summed E-state index contributed by atoms with van der Waals surface area (Å²) in [7, 11) is 0. The first-order valence-electron chi connectivity index (χ1n) is 22.3. The summed E-state index contributed by atoms with van der Waals surface area (Å²) in [5.41, 5.74) is 0. The Labute approximate surface area is 311 Å². The molecule has 0 aliphatic rings. The number of unbranched alkanes of at least 4 members (excludes halogenated alkanes) is 30. The van der Waals surface area contributed by atoms with E-state index in [1.165, 1.54) is 154 Å². The van der Waals surface area contributed by atoms with Gasteiger partial charge in [0.05, 0.1) is 25.4 Å². The zero-order chi connectivity index (χ0) is 36.6. The molecule has 0 aromatic carbocycles. The fourth-order valence-electron chi connectivity index (χ4n) is 6.93.